The normalized spacial score (nSPS) is 11.1. The first-order valence-corrected chi connectivity index (χ1v) is 19.3. The zero-order chi connectivity index (χ0) is 37.6. The number of thiophene rings is 2. The molecule has 55 heavy (non-hydrogen) atoms. The molecule has 8 aromatic rings. The van der Waals surface area contributed by atoms with Crippen molar-refractivity contribution in [3.8, 4) is 36.7 Å². The molecule has 0 amide bonds. The van der Waals surface area contributed by atoms with Crippen molar-refractivity contribution in [1.82, 2.24) is 0 Å². The Hall–Kier alpha value is -6.98. The summed E-state index contributed by atoms with van der Waals surface area (Å²) in [6.07, 6.45) is 1.38. The molecule has 0 spiro atoms. The third-order valence-electron chi connectivity index (χ3n) is 9.13. The second-order valence-electron chi connectivity index (χ2n) is 12.7. The van der Waals surface area contributed by atoms with Gasteiger partial charge in [-0.1, -0.05) is 91.0 Å². The van der Waals surface area contributed by atoms with E-state index in [4.69, 9.17) is 0 Å². The van der Waals surface area contributed by atoms with Crippen LogP contribution in [0.15, 0.2) is 194 Å². The minimum absolute atomic E-state index is 0.306. The Morgan fingerprint density at radius 2 is 0.782 bits per heavy atom. The molecule has 0 aliphatic rings. The van der Waals surface area contributed by atoms with E-state index in [1.807, 2.05) is 54.6 Å². The first kappa shape index (κ1) is 35.1. The Bertz CT molecular complexity index is 2570. The van der Waals surface area contributed by atoms with Crippen molar-refractivity contribution in [3.63, 3.8) is 0 Å². The number of aliphatic carboxylic acids is 1. The van der Waals surface area contributed by atoms with E-state index in [1.54, 1.807) is 28.7 Å². The number of benzene rings is 6. The van der Waals surface area contributed by atoms with Crippen molar-refractivity contribution < 1.29 is 9.90 Å². The first-order chi connectivity index (χ1) is 27.0. The molecule has 7 heteroatoms. The fourth-order valence-corrected chi connectivity index (χ4v) is 8.57. The van der Waals surface area contributed by atoms with Gasteiger partial charge < -0.3 is 14.9 Å². The maximum atomic E-state index is 11.3. The minimum Gasteiger partial charge on any atom is -0.477 e. The van der Waals surface area contributed by atoms with Crippen molar-refractivity contribution in [3.05, 3.63) is 199 Å². The zero-order valence-electron chi connectivity index (χ0n) is 29.5. The zero-order valence-corrected chi connectivity index (χ0v) is 31.1. The highest BCUT2D eigenvalue weighted by molar-refractivity contribution is 7.25. The fraction of sp³-hybridized carbons (Fsp3) is 0. The van der Waals surface area contributed by atoms with Gasteiger partial charge in [-0.05, 0) is 120 Å². The number of anilines is 6. The lowest BCUT2D eigenvalue weighted by atomic mass is 10.1. The minimum atomic E-state index is -1.24. The van der Waals surface area contributed by atoms with E-state index >= 15 is 0 Å². The molecule has 0 aliphatic heterocycles. The average molecular weight is 748 g/mol. The fourth-order valence-electron chi connectivity index (χ4n) is 6.45. The number of hydrogen-bond acceptors (Lipinski definition) is 6. The van der Waals surface area contributed by atoms with Crippen LogP contribution in [0, 0.1) is 11.3 Å². The number of para-hydroxylation sites is 3. The molecular weight excluding hydrogens is 715 g/mol. The van der Waals surface area contributed by atoms with Crippen LogP contribution >= 0.6 is 22.7 Å². The van der Waals surface area contributed by atoms with E-state index in [1.165, 1.54) is 31.1 Å². The van der Waals surface area contributed by atoms with Crippen LogP contribution in [-0.2, 0) is 4.79 Å². The number of carboxylic acid groups (broad SMARTS) is 1. The second kappa shape index (κ2) is 15.9. The summed E-state index contributed by atoms with van der Waals surface area (Å²) in [5, 5.41) is 18.4. The first-order valence-electron chi connectivity index (χ1n) is 17.7. The highest BCUT2D eigenvalue weighted by Crippen LogP contribution is 2.42. The SMILES string of the molecule is N#CC(=Cc1ccc(N(c2ccccc2)c2ccc(-c3ccc(-c4ccc(-c5ccc(N(c6ccccc6)c6ccccc6)cc5)s4)s3)cc2)cc1)C(=O)O. The summed E-state index contributed by atoms with van der Waals surface area (Å²) < 4.78 is 0. The van der Waals surface area contributed by atoms with Crippen LogP contribution in [0.2, 0.25) is 0 Å². The molecule has 0 radical (unpaired) electrons. The Kier molecular flexibility index (Phi) is 10.2. The lowest BCUT2D eigenvalue weighted by molar-refractivity contribution is -0.132. The maximum absolute atomic E-state index is 11.3. The van der Waals surface area contributed by atoms with Gasteiger partial charge in [-0.3, -0.25) is 0 Å². The molecule has 0 bridgehead atoms. The lowest BCUT2D eigenvalue weighted by Crippen LogP contribution is -2.09. The molecule has 0 saturated heterocycles. The van der Waals surface area contributed by atoms with E-state index in [0.717, 1.165) is 39.7 Å². The van der Waals surface area contributed by atoms with Crippen LogP contribution in [0.25, 0.3) is 36.7 Å². The van der Waals surface area contributed by atoms with Crippen LogP contribution in [0.5, 0.6) is 0 Å². The van der Waals surface area contributed by atoms with Crippen molar-refractivity contribution in [2.45, 2.75) is 0 Å². The second-order valence-corrected chi connectivity index (χ2v) is 14.8. The van der Waals surface area contributed by atoms with Gasteiger partial charge in [-0.2, -0.15) is 5.26 Å². The van der Waals surface area contributed by atoms with Gasteiger partial charge in [-0.25, -0.2) is 4.79 Å². The van der Waals surface area contributed by atoms with Crippen molar-refractivity contribution in [2.24, 2.45) is 0 Å². The van der Waals surface area contributed by atoms with Gasteiger partial charge in [0.1, 0.15) is 11.6 Å². The molecule has 8 rings (SSSR count). The van der Waals surface area contributed by atoms with E-state index in [2.05, 4.69) is 143 Å². The highest BCUT2D eigenvalue weighted by atomic mass is 32.1. The van der Waals surface area contributed by atoms with Crippen LogP contribution in [0.3, 0.4) is 0 Å². The van der Waals surface area contributed by atoms with Crippen molar-refractivity contribution >= 4 is 68.8 Å². The largest absolute Gasteiger partial charge is 0.477 e. The third kappa shape index (κ3) is 7.73. The number of carboxylic acids is 1. The molecule has 2 aromatic heterocycles. The molecule has 0 atom stereocenters. The Morgan fingerprint density at radius 3 is 1.13 bits per heavy atom. The quantitative estimate of drug-likeness (QED) is 0.105. The summed E-state index contributed by atoms with van der Waals surface area (Å²) in [6, 6.07) is 66.4. The predicted octanol–water partition coefficient (Wildman–Crippen LogP) is 13.7. The number of carbonyl (C=O) groups is 1. The van der Waals surface area contributed by atoms with E-state index in [0.29, 0.717) is 5.56 Å². The monoisotopic (exact) mass is 747 g/mol. The number of rotatable bonds is 11. The molecule has 5 nitrogen and oxygen atoms in total. The van der Waals surface area contributed by atoms with Crippen LogP contribution < -0.4 is 9.80 Å². The summed E-state index contributed by atoms with van der Waals surface area (Å²) in [6.45, 7) is 0. The van der Waals surface area contributed by atoms with Crippen LogP contribution in [0.4, 0.5) is 34.1 Å². The molecule has 0 fully saturated rings. The molecule has 0 saturated carbocycles. The van der Waals surface area contributed by atoms with Gasteiger partial charge in [-0.15, -0.1) is 22.7 Å². The maximum Gasteiger partial charge on any atom is 0.346 e. The molecule has 0 unspecified atom stereocenters. The van der Waals surface area contributed by atoms with Crippen molar-refractivity contribution in [1.29, 1.82) is 5.26 Å². The summed E-state index contributed by atoms with van der Waals surface area (Å²) in [7, 11) is 0. The topological polar surface area (TPSA) is 67.6 Å². The smallest absolute Gasteiger partial charge is 0.346 e. The Morgan fingerprint density at radius 1 is 0.455 bits per heavy atom. The third-order valence-corrected chi connectivity index (χ3v) is 11.6. The van der Waals surface area contributed by atoms with Gasteiger partial charge in [0.15, 0.2) is 0 Å². The Labute approximate surface area is 328 Å². The number of hydrogen-bond donors (Lipinski definition) is 1. The summed E-state index contributed by atoms with van der Waals surface area (Å²) in [5.74, 6) is -1.24. The standard InChI is InChI=1S/C48H33N3O2S2/c49-33-37(48(52)53)32-34-16-22-41(23-17-34)51(40-14-8-3-9-15-40)43-26-20-36(21-27-43)45-29-31-47(55-45)46-30-28-44(54-46)35-18-24-42(25-19-35)50(38-10-4-1-5-11-38)39-12-6-2-7-13-39/h1-32H,(H,52,53). The van der Waals surface area contributed by atoms with Gasteiger partial charge >= 0.3 is 5.97 Å². The number of nitriles is 1. The van der Waals surface area contributed by atoms with Gasteiger partial charge in [0, 0.05) is 53.6 Å². The molecule has 264 valence electrons. The van der Waals surface area contributed by atoms with E-state index in [-0.39, 0.29) is 5.57 Å². The summed E-state index contributed by atoms with van der Waals surface area (Å²) in [5.41, 5.74) is 8.90. The van der Waals surface area contributed by atoms with E-state index < -0.39 is 5.97 Å². The summed E-state index contributed by atoms with van der Waals surface area (Å²) >= 11 is 3.59. The highest BCUT2D eigenvalue weighted by Gasteiger charge is 2.16. The van der Waals surface area contributed by atoms with Gasteiger partial charge in [0.25, 0.3) is 0 Å². The van der Waals surface area contributed by atoms with Crippen LogP contribution in [-0.4, -0.2) is 11.1 Å². The molecule has 1 N–H and O–H groups in total. The Balaban J connectivity index is 1.01. The average Bonchev–Trinajstić information content (AvgIpc) is 3.94. The predicted molar refractivity (Wildman–Crippen MR) is 229 cm³/mol. The van der Waals surface area contributed by atoms with Gasteiger partial charge in [0.2, 0.25) is 0 Å². The summed E-state index contributed by atoms with van der Waals surface area (Å²) in [4.78, 5) is 20.6. The van der Waals surface area contributed by atoms with Gasteiger partial charge in [0.05, 0.1) is 0 Å². The van der Waals surface area contributed by atoms with E-state index in [9.17, 15) is 15.2 Å². The molecular formula is C48H33N3O2S2. The van der Waals surface area contributed by atoms with Crippen molar-refractivity contribution in [2.75, 3.05) is 9.80 Å². The van der Waals surface area contributed by atoms with Crippen LogP contribution in [0.1, 0.15) is 5.56 Å². The molecule has 2 heterocycles. The number of nitrogens with zero attached hydrogens (tertiary/aromatic N) is 3. The lowest BCUT2D eigenvalue weighted by Gasteiger charge is -2.25. The molecule has 0 aliphatic carbocycles. The molecule has 6 aromatic carbocycles.